The molecule has 1 N–H and O–H groups in total. The summed E-state index contributed by atoms with van der Waals surface area (Å²) >= 11 is 0. The molecular formula is C26H28O3. The van der Waals surface area contributed by atoms with Crippen molar-refractivity contribution in [2.75, 3.05) is 0 Å². The minimum atomic E-state index is -0.419. The molecule has 29 heavy (non-hydrogen) atoms. The van der Waals surface area contributed by atoms with Gasteiger partial charge in [-0.25, -0.2) is 4.79 Å². The lowest BCUT2D eigenvalue weighted by Gasteiger charge is -2.23. The fraction of sp³-hybridized carbons (Fsp3) is 0.346. The second-order valence-corrected chi connectivity index (χ2v) is 8.68. The molecule has 3 heteroatoms. The highest BCUT2D eigenvalue weighted by atomic mass is 16.5. The van der Waals surface area contributed by atoms with E-state index in [-0.39, 0.29) is 11.8 Å². The number of aromatic hydroxyl groups is 1. The van der Waals surface area contributed by atoms with Crippen molar-refractivity contribution in [3.63, 3.8) is 0 Å². The maximum Gasteiger partial charge on any atom is 0.338 e. The Kier molecular flexibility index (Phi) is 4.85. The number of carbonyl (C=O) groups is 1. The minimum absolute atomic E-state index is 0.184. The topological polar surface area (TPSA) is 46.5 Å². The summed E-state index contributed by atoms with van der Waals surface area (Å²) in [6.07, 6.45) is 7.52. The van der Waals surface area contributed by atoms with Crippen LogP contribution in [0.25, 0.3) is 10.8 Å². The zero-order chi connectivity index (χ0) is 20.9. The SMILES string of the molecule is C=C(C)C(=O)Oc1c2c(c(O)c3cc(C)ccc13)C1C=C(CCC=C(C)C)C2C1. The first-order chi connectivity index (χ1) is 13.8. The Bertz CT molecular complexity index is 1100. The van der Waals surface area contributed by atoms with Gasteiger partial charge in [0.25, 0.3) is 0 Å². The van der Waals surface area contributed by atoms with Crippen LogP contribution < -0.4 is 4.74 Å². The summed E-state index contributed by atoms with van der Waals surface area (Å²) in [6.45, 7) is 11.6. The van der Waals surface area contributed by atoms with Gasteiger partial charge in [-0.2, -0.15) is 0 Å². The number of hydrogen-bond acceptors (Lipinski definition) is 3. The molecule has 0 spiro atoms. The molecule has 2 aromatic carbocycles. The van der Waals surface area contributed by atoms with Crippen molar-refractivity contribution >= 4 is 16.7 Å². The molecule has 0 amide bonds. The normalized spacial score (nSPS) is 19.1. The van der Waals surface area contributed by atoms with Crippen molar-refractivity contribution in [3.8, 4) is 11.5 Å². The summed E-state index contributed by atoms with van der Waals surface area (Å²) in [6, 6.07) is 5.91. The van der Waals surface area contributed by atoms with Crippen LogP contribution in [0, 0.1) is 6.92 Å². The van der Waals surface area contributed by atoms with Gasteiger partial charge in [-0.3, -0.25) is 0 Å². The largest absolute Gasteiger partial charge is 0.507 e. The molecule has 0 aliphatic heterocycles. The van der Waals surface area contributed by atoms with Crippen LogP contribution in [-0.2, 0) is 4.79 Å². The van der Waals surface area contributed by atoms with Crippen LogP contribution >= 0.6 is 0 Å². The minimum Gasteiger partial charge on any atom is -0.507 e. The number of phenols is 1. The van der Waals surface area contributed by atoms with Crippen LogP contribution in [0.15, 0.2) is 53.6 Å². The summed E-state index contributed by atoms with van der Waals surface area (Å²) in [5.74, 6) is 0.897. The van der Waals surface area contributed by atoms with Crippen molar-refractivity contribution < 1.29 is 14.6 Å². The summed E-state index contributed by atoms with van der Waals surface area (Å²) in [5.41, 5.74) is 6.07. The van der Waals surface area contributed by atoms with Crippen molar-refractivity contribution in [1.29, 1.82) is 0 Å². The highest BCUT2D eigenvalue weighted by Gasteiger charge is 2.43. The first-order valence-corrected chi connectivity index (χ1v) is 10.3. The lowest BCUT2D eigenvalue weighted by molar-refractivity contribution is -0.130. The van der Waals surface area contributed by atoms with Crippen LogP contribution in [0.2, 0.25) is 0 Å². The molecule has 0 saturated carbocycles. The third kappa shape index (κ3) is 3.29. The Morgan fingerprint density at radius 1 is 1.24 bits per heavy atom. The zero-order valence-electron chi connectivity index (χ0n) is 17.6. The Hall–Kier alpha value is -2.81. The maximum atomic E-state index is 12.4. The van der Waals surface area contributed by atoms with Crippen molar-refractivity contribution in [2.24, 2.45) is 0 Å². The van der Waals surface area contributed by atoms with Gasteiger partial charge in [0.2, 0.25) is 0 Å². The average molecular weight is 389 g/mol. The number of allylic oxidation sites excluding steroid dienone is 4. The van der Waals surface area contributed by atoms with E-state index >= 15 is 0 Å². The van der Waals surface area contributed by atoms with Crippen LogP contribution in [-0.4, -0.2) is 11.1 Å². The first kappa shape index (κ1) is 19.5. The number of carbonyl (C=O) groups excluding carboxylic acids is 1. The summed E-state index contributed by atoms with van der Waals surface area (Å²) in [7, 11) is 0. The van der Waals surface area contributed by atoms with E-state index in [0.29, 0.717) is 17.1 Å². The molecule has 150 valence electrons. The number of aryl methyl sites for hydroxylation is 1. The molecule has 2 aliphatic rings. The molecule has 2 aromatic rings. The molecule has 0 fully saturated rings. The van der Waals surface area contributed by atoms with Gasteiger partial charge in [0.15, 0.2) is 0 Å². The quantitative estimate of drug-likeness (QED) is 0.272. The van der Waals surface area contributed by atoms with Crippen molar-refractivity contribution in [3.05, 3.63) is 70.3 Å². The van der Waals surface area contributed by atoms with Crippen molar-refractivity contribution in [1.82, 2.24) is 0 Å². The van der Waals surface area contributed by atoms with E-state index in [0.717, 1.165) is 46.7 Å². The van der Waals surface area contributed by atoms with Crippen LogP contribution in [0.4, 0.5) is 0 Å². The molecule has 0 heterocycles. The molecule has 0 saturated heterocycles. The van der Waals surface area contributed by atoms with Crippen LogP contribution in [0.3, 0.4) is 0 Å². The molecule has 3 nitrogen and oxygen atoms in total. The van der Waals surface area contributed by atoms with Gasteiger partial charge in [-0.1, -0.05) is 47.6 Å². The van der Waals surface area contributed by atoms with E-state index in [2.05, 4.69) is 32.6 Å². The molecule has 2 aliphatic carbocycles. The Morgan fingerprint density at radius 2 is 2.00 bits per heavy atom. The van der Waals surface area contributed by atoms with Crippen LogP contribution in [0.1, 0.15) is 68.6 Å². The zero-order valence-corrected chi connectivity index (χ0v) is 17.6. The summed E-state index contributed by atoms with van der Waals surface area (Å²) < 4.78 is 5.88. The Morgan fingerprint density at radius 3 is 2.69 bits per heavy atom. The predicted molar refractivity (Wildman–Crippen MR) is 118 cm³/mol. The fourth-order valence-corrected chi connectivity index (χ4v) is 4.74. The van der Waals surface area contributed by atoms with Gasteiger partial charge in [0, 0.05) is 39.3 Å². The van der Waals surface area contributed by atoms with Gasteiger partial charge in [0.1, 0.15) is 11.5 Å². The second kappa shape index (κ2) is 7.22. The highest BCUT2D eigenvalue weighted by Crippen LogP contribution is 2.61. The molecule has 2 unspecified atom stereocenters. The van der Waals surface area contributed by atoms with E-state index in [1.54, 1.807) is 6.92 Å². The van der Waals surface area contributed by atoms with E-state index in [4.69, 9.17) is 4.74 Å². The van der Waals surface area contributed by atoms with Crippen LogP contribution in [0.5, 0.6) is 11.5 Å². The third-order valence-corrected chi connectivity index (χ3v) is 6.07. The number of esters is 1. The number of ether oxygens (including phenoxy) is 1. The van der Waals surface area contributed by atoms with Gasteiger partial charge in [0.05, 0.1) is 0 Å². The van der Waals surface area contributed by atoms with Gasteiger partial charge in [-0.15, -0.1) is 0 Å². The number of benzene rings is 2. The Labute approximate surface area is 172 Å². The number of fused-ring (bicyclic) bond motifs is 6. The monoisotopic (exact) mass is 388 g/mol. The summed E-state index contributed by atoms with van der Waals surface area (Å²) in [5, 5.41) is 12.7. The molecule has 4 rings (SSSR count). The third-order valence-electron chi connectivity index (χ3n) is 6.07. The van der Waals surface area contributed by atoms with E-state index in [1.165, 1.54) is 11.1 Å². The smallest absolute Gasteiger partial charge is 0.338 e. The van der Waals surface area contributed by atoms with Gasteiger partial charge in [-0.05, 0) is 53.0 Å². The maximum absolute atomic E-state index is 12.4. The lowest BCUT2D eigenvalue weighted by Crippen LogP contribution is -2.12. The van der Waals surface area contributed by atoms with E-state index < -0.39 is 5.97 Å². The number of hydrogen-bond donors (Lipinski definition) is 1. The standard InChI is InChI=1S/C26H28O3/c1-14(2)7-6-8-17-12-18-13-20(17)23-22(18)24(27)21-11-16(5)9-10-19(21)25(23)29-26(28)15(3)4/h7,9-12,18,20,27H,3,6,8,13H2,1-2,4-5H3. The highest BCUT2D eigenvalue weighted by molar-refractivity contribution is 6.00. The van der Waals surface area contributed by atoms with E-state index in [1.807, 2.05) is 25.1 Å². The summed E-state index contributed by atoms with van der Waals surface area (Å²) in [4.78, 5) is 12.4. The second-order valence-electron chi connectivity index (χ2n) is 8.68. The average Bonchev–Trinajstić information content (AvgIpc) is 3.23. The number of rotatable bonds is 5. The fourth-order valence-electron chi connectivity index (χ4n) is 4.74. The van der Waals surface area contributed by atoms with Gasteiger partial charge >= 0.3 is 5.97 Å². The molecule has 0 aromatic heterocycles. The predicted octanol–water partition coefficient (Wildman–Crippen LogP) is 6.59. The molecule has 2 bridgehead atoms. The number of phenolic OH excluding ortho intramolecular Hbond substituents is 1. The van der Waals surface area contributed by atoms with Gasteiger partial charge < -0.3 is 9.84 Å². The van der Waals surface area contributed by atoms with E-state index in [9.17, 15) is 9.90 Å². The molecule has 2 atom stereocenters. The van der Waals surface area contributed by atoms with Crippen molar-refractivity contribution in [2.45, 2.75) is 58.8 Å². The molecule has 0 radical (unpaired) electrons. The molecular weight excluding hydrogens is 360 g/mol. The lowest BCUT2D eigenvalue weighted by atomic mass is 9.85. The Balaban J connectivity index is 1.86. The first-order valence-electron chi connectivity index (χ1n) is 10.3.